The van der Waals surface area contributed by atoms with Crippen molar-refractivity contribution in [1.82, 2.24) is 10.1 Å². The van der Waals surface area contributed by atoms with Crippen LogP contribution in [0.15, 0.2) is 16.7 Å². The van der Waals surface area contributed by atoms with Crippen LogP contribution in [0, 0.1) is 6.92 Å². The number of rotatable bonds is 2. The van der Waals surface area contributed by atoms with Crippen LogP contribution in [0.4, 0.5) is 11.5 Å². The molecule has 0 radical (unpaired) electrons. The van der Waals surface area contributed by atoms with E-state index < -0.39 is 0 Å². The van der Waals surface area contributed by atoms with E-state index in [2.05, 4.69) is 16.5 Å². The minimum absolute atomic E-state index is 0.281. The van der Waals surface area contributed by atoms with Crippen LogP contribution in [0.3, 0.4) is 0 Å². The summed E-state index contributed by atoms with van der Waals surface area (Å²) in [7, 11) is 0. The van der Waals surface area contributed by atoms with Crippen LogP contribution >= 0.6 is 11.3 Å². The second kappa shape index (κ2) is 5.34. The minimum Gasteiger partial charge on any atom is -0.397 e. The number of nitrogen functional groups attached to an aromatic ring is 1. The molecule has 1 aliphatic carbocycles. The molecule has 0 atom stereocenters. The molecule has 1 amide bonds. The highest BCUT2D eigenvalue weighted by molar-refractivity contribution is 7.21. The maximum absolute atomic E-state index is 12.4. The Morgan fingerprint density at radius 3 is 2.96 bits per heavy atom. The van der Waals surface area contributed by atoms with Gasteiger partial charge in [-0.1, -0.05) is 5.16 Å². The van der Waals surface area contributed by atoms with E-state index in [0.29, 0.717) is 22.1 Å². The topological polar surface area (TPSA) is 94.0 Å². The van der Waals surface area contributed by atoms with Gasteiger partial charge in [0.1, 0.15) is 15.5 Å². The molecule has 118 valence electrons. The number of carbonyl (C=O) groups excluding carboxylic acids is 1. The molecular formula is C16H16N4O2S. The number of aryl methyl sites for hydroxylation is 3. The van der Waals surface area contributed by atoms with Gasteiger partial charge in [0.2, 0.25) is 0 Å². The minimum atomic E-state index is -0.281. The molecular weight excluding hydrogens is 312 g/mol. The van der Waals surface area contributed by atoms with Gasteiger partial charge in [-0.3, -0.25) is 4.79 Å². The van der Waals surface area contributed by atoms with Gasteiger partial charge < -0.3 is 15.6 Å². The molecule has 6 nitrogen and oxygen atoms in total. The molecule has 3 aromatic heterocycles. The summed E-state index contributed by atoms with van der Waals surface area (Å²) in [5, 5.41) is 7.35. The highest BCUT2D eigenvalue weighted by atomic mass is 32.1. The Balaban J connectivity index is 1.72. The zero-order valence-electron chi connectivity index (χ0n) is 12.7. The van der Waals surface area contributed by atoms with Gasteiger partial charge in [0.15, 0.2) is 5.82 Å². The summed E-state index contributed by atoms with van der Waals surface area (Å²) in [6.45, 7) is 1.77. The molecule has 0 saturated heterocycles. The molecule has 23 heavy (non-hydrogen) atoms. The van der Waals surface area contributed by atoms with E-state index in [-0.39, 0.29) is 5.91 Å². The molecule has 0 spiro atoms. The summed E-state index contributed by atoms with van der Waals surface area (Å²) < 4.78 is 4.95. The molecule has 0 bridgehead atoms. The number of fused-ring (bicyclic) bond motifs is 2. The van der Waals surface area contributed by atoms with Gasteiger partial charge in [-0.25, -0.2) is 4.98 Å². The Hall–Kier alpha value is -2.41. The van der Waals surface area contributed by atoms with E-state index in [1.165, 1.54) is 29.7 Å². The fraction of sp³-hybridized carbons (Fsp3) is 0.312. The number of nitrogens with zero attached hydrogens (tertiary/aromatic N) is 2. The molecule has 0 fully saturated rings. The van der Waals surface area contributed by atoms with Crippen LogP contribution in [-0.4, -0.2) is 16.0 Å². The Labute approximate surface area is 136 Å². The Morgan fingerprint density at radius 2 is 2.17 bits per heavy atom. The third-order valence-corrected chi connectivity index (χ3v) is 5.19. The van der Waals surface area contributed by atoms with E-state index in [0.717, 1.165) is 28.8 Å². The molecule has 0 saturated carbocycles. The standard InChI is InChI=1S/C16H16N4O2S/c1-8-6-12(20-22-8)19-15(21)14-13(17)10-7-9-4-2-3-5-11(9)18-16(10)23-14/h6-7H,2-5,17H2,1H3,(H,19,20,21). The third-order valence-electron chi connectivity index (χ3n) is 4.08. The molecule has 3 heterocycles. The fourth-order valence-electron chi connectivity index (χ4n) is 2.93. The molecule has 3 aromatic rings. The van der Waals surface area contributed by atoms with Gasteiger partial charge in [-0.15, -0.1) is 11.3 Å². The quantitative estimate of drug-likeness (QED) is 0.752. The van der Waals surface area contributed by atoms with Gasteiger partial charge in [0, 0.05) is 17.1 Å². The van der Waals surface area contributed by atoms with Gasteiger partial charge in [0.05, 0.1) is 5.69 Å². The number of hydrogen-bond acceptors (Lipinski definition) is 6. The number of anilines is 2. The second-order valence-electron chi connectivity index (χ2n) is 5.78. The summed E-state index contributed by atoms with van der Waals surface area (Å²) in [4.78, 5) is 18.5. The van der Waals surface area contributed by atoms with Crippen LogP contribution in [-0.2, 0) is 12.8 Å². The molecule has 0 aliphatic heterocycles. The van der Waals surface area contributed by atoms with Crippen LogP contribution < -0.4 is 11.1 Å². The molecule has 0 aromatic carbocycles. The van der Waals surface area contributed by atoms with Crippen molar-refractivity contribution >= 4 is 39.0 Å². The van der Waals surface area contributed by atoms with Crippen molar-refractivity contribution in [3.8, 4) is 0 Å². The predicted octanol–water partition coefficient (Wildman–Crippen LogP) is 3.31. The van der Waals surface area contributed by atoms with Gasteiger partial charge in [0.25, 0.3) is 5.91 Å². The van der Waals surface area contributed by atoms with E-state index in [1.54, 1.807) is 13.0 Å². The van der Waals surface area contributed by atoms with Crippen LogP contribution in [0.25, 0.3) is 10.2 Å². The number of nitrogens with one attached hydrogen (secondary N) is 1. The first-order chi connectivity index (χ1) is 11.1. The van der Waals surface area contributed by atoms with Gasteiger partial charge in [-0.05, 0) is 44.2 Å². The Kier molecular flexibility index (Phi) is 3.30. The average Bonchev–Trinajstić information content (AvgIpc) is 3.09. The smallest absolute Gasteiger partial charge is 0.269 e. The van der Waals surface area contributed by atoms with Crippen molar-refractivity contribution in [2.24, 2.45) is 0 Å². The zero-order valence-corrected chi connectivity index (χ0v) is 13.5. The average molecular weight is 328 g/mol. The lowest BCUT2D eigenvalue weighted by molar-refractivity contribution is 0.103. The summed E-state index contributed by atoms with van der Waals surface area (Å²) in [6, 6.07) is 3.76. The lowest BCUT2D eigenvalue weighted by atomic mass is 9.95. The first kappa shape index (κ1) is 14.2. The highest BCUT2D eigenvalue weighted by Crippen LogP contribution is 2.35. The van der Waals surface area contributed by atoms with E-state index in [9.17, 15) is 4.79 Å². The van der Waals surface area contributed by atoms with Gasteiger partial charge in [-0.2, -0.15) is 0 Å². The van der Waals surface area contributed by atoms with Crippen LogP contribution in [0.1, 0.15) is 39.5 Å². The van der Waals surface area contributed by atoms with Crippen molar-refractivity contribution in [2.75, 3.05) is 11.1 Å². The van der Waals surface area contributed by atoms with Gasteiger partial charge >= 0.3 is 0 Å². The zero-order chi connectivity index (χ0) is 16.0. The first-order valence-electron chi connectivity index (χ1n) is 7.57. The Bertz CT molecular complexity index is 912. The molecule has 4 rings (SSSR count). The van der Waals surface area contributed by atoms with E-state index in [1.807, 2.05) is 0 Å². The fourth-order valence-corrected chi connectivity index (χ4v) is 3.92. The summed E-state index contributed by atoms with van der Waals surface area (Å²) in [5.74, 6) is 0.743. The van der Waals surface area contributed by atoms with Crippen molar-refractivity contribution in [1.29, 1.82) is 0 Å². The van der Waals surface area contributed by atoms with Crippen molar-refractivity contribution < 1.29 is 9.32 Å². The van der Waals surface area contributed by atoms with Crippen molar-refractivity contribution in [2.45, 2.75) is 32.6 Å². The summed E-state index contributed by atoms with van der Waals surface area (Å²) >= 11 is 1.32. The molecule has 7 heteroatoms. The van der Waals surface area contributed by atoms with Crippen LogP contribution in [0.2, 0.25) is 0 Å². The number of carbonyl (C=O) groups is 1. The number of hydrogen-bond donors (Lipinski definition) is 2. The number of aromatic nitrogens is 2. The SMILES string of the molecule is Cc1cc(NC(=O)c2sc3nc4c(cc3c2N)CCCC4)no1. The lowest BCUT2D eigenvalue weighted by Crippen LogP contribution is -2.12. The molecule has 3 N–H and O–H groups in total. The van der Waals surface area contributed by atoms with E-state index >= 15 is 0 Å². The summed E-state index contributed by atoms with van der Waals surface area (Å²) in [6.07, 6.45) is 4.39. The van der Waals surface area contributed by atoms with Crippen molar-refractivity contribution in [3.63, 3.8) is 0 Å². The maximum atomic E-state index is 12.4. The van der Waals surface area contributed by atoms with Crippen LogP contribution in [0.5, 0.6) is 0 Å². The molecule has 1 aliphatic rings. The normalized spacial score (nSPS) is 14.0. The largest absolute Gasteiger partial charge is 0.397 e. The highest BCUT2D eigenvalue weighted by Gasteiger charge is 2.21. The molecule has 0 unspecified atom stereocenters. The second-order valence-corrected chi connectivity index (χ2v) is 6.77. The van der Waals surface area contributed by atoms with Crippen molar-refractivity contribution in [3.05, 3.63) is 34.0 Å². The number of thiophene rings is 1. The number of amides is 1. The monoisotopic (exact) mass is 328 g/mol. The third kappa shape index (κ3) is 2.46. The predicted molar refractivity (Wildman–Crippen MR) is 89.9 cm³/mol. The first-order valence-corrected chi connectivity index (χ1v) is 8.39. The summed E-state index contributed by atoms with van der Waals surface area (Å²) in [5.41, 5.74) is 9.09. The lowest BCUT2D eigenvalue weighted by Gasteiger charge is -2.14. The maximum Gasteiger partial charge on any atom is 0.269 e. The number of nitrogens with two attached hydrogens (primary N) is 1. The number of pyridine rings is 1. The Morgan fingerprint density at radius 1 is 1.35 bits per heavy atom. The van der Waals surface area contributed by atoms with E-state index in [4.69, 9.17) is 15.2 Å².